The van der Waals surface area contributed by atoms with Crippen LogP contribution in [-0.4, -0.2) is 40.6 Å². The maximum atomic E-state index is 12.3. The third-order valence-electron chi connectivity index (χ3n) is 3.48. The highest BCUT2D eigenvalue weighted by molar-refractivity contribution is 7.80. The van der Waals surface area contributed by atoms with E-state index in [1.54, 1.807) is 36.2 Å². The number of aliphatic hydroxyl groups is 1. The number of rotatable bonds is 4. The Hall–Kier alpha value is -1.46. The first-order chi connectivity index (χ1) is 8.97. The molecule has 1 amide bonds. The van der Waals surface area contributed by atoms with Crippen molar-refractivity contribution in [1.29, 1.82) is 0 Å². The molecular weight excluding hydrogens is 260 g/mol. The van der Waals surface area contributed by atoms with Gasteiger partial charge in [-0.15, -0.1) is 0 Å². The van der Waals surface area contributed by atoms with Crippen LogP contribution in [0.25, 0.3) is 0 Å². The van der Waals surface area contributed by atoms with Gasteiger partial charge in [0.1, 0.15) is 4.99 Å². The highest BCUT2D eigenvalue weighted by Gasteiger charge is 2.29. The summed E-state index contributed by atoms with van der Waals surface area (Å²) in [5.74, 6) is 0.363. The monoisotopic (exact) mass is 278 g/mol. The van der Waals surface area contributed by atoms with Crippen LogP contribution in [0.5, 0.6) is 0 Å². The molecule has 1 aliphatic carbocycles. The normalized spacial score (nSPS) is 21.6. The standard InChI is InChI=1S/C14H18N2O2S/c1-16(8-9-5-12(17)6-9)14(18)11-4-2-3-10(7-11)13(15)19/h2-4,7,9,12,17H,5-6,8H2,1H3,(H2,15,19). The van der Waals surface area contributed by atoms with Crippen molar-refractivity contribution in [3.8, 4) is 0 Å². The van der Waals surface area contributed by atoms with Gasteiger partial charge in [0.25, 0.3) is 5.91 Å². The average Bonchev–Trinajstić information content (AvgIpc) is 2.36. The van der Waals surface area contributed by atoms with Crippen LogP contribution in [0.3, 0.4) is 0 Å². The Labute approximate surface area is 118 Å². The molecule has 0 spiro atoms. The van der Waals surface area contributed by atoms with Gasteiger partial charge in [0.15, 0.2) is 0 Å². The zero-order valence-corrected chi connectivity index (χ0v) is 11.7. The molecule has 1 aromatic rings. The number of thiocarbonyl (C=S) groups is 1. The van der Waals surface area contributed by atoms with Gasteiger partial charge in [0.2, 0.25) is 0 Å². The number of hydrogen-bond donors (Lipinski definition) is 2. The minimum Gasteiger partial charge on any atom is -0.393 e. The van der Waals surface area contributed by atoms with E-state index in [0.717, 1.165) is 12.8 Å². The number of nitrogens with zero attached hydrogens (tertiary/aromatic N) is 1. The van der Waals surface area contributed by atoms with E-state index in [-0.39, 0.29) is 12.0 Å². The van der Waals surface area contributed by atoms with Crippen molar-refractivity contribution in [2.45, 2.75) is 18.9 Å². The van der Waals surface area contributed by atoms with Crippen LogP contribution in [0.4, 0.5) is 0 Å². The van der Waals surface area contributed by atoms with Gasteiger partial charge in [-0.1, -0.05) is 24.4 Å². The smallest absolute Gasteiger partial charge is 0.253 e. The van der Waals surface area contributed by atoms with Gasteiger partial charge in [0.05, 0.1) is 6.10 Å². The molecule has 0 saturated heterocycles. The van der Waals surface area contributed by atoms with Crippen molar-refractivity contribution < 1.29 is 9.90 Å². The highest BCUT2D eigenvalue weighted by atomic mass is 32.1. The van der Waals surface area contributed by atoms with Crippen molar-refractivity contribution >= 4 is 23.1 Å². The fourth-order valence-corrected chi connectivity index (χ4v) is 2.47. The Morgan fingerprint density at radius 1 is 1.47 bits per heavy atom. The van der Waals surface area contributed by atoms with Gasteiger partial charge in [-0.05, 0) is 30.9 Å². The van der Waals surface area contributed by atoms with Crippen LogP contribution < -0.4 is 5.73 Å². The van der Waals surface area contributed by atoms with Crippen molar-refractivity contribution in [3.05, 3.63) is 35.4 Å². The zero-order valence-electron chi connectivity index (χ0n) is 10.9. The zero-order chi connectivity index (χ0) is 14.0. The van der Waals surface area contributed by atoms with E-state index < -0.39 is 0 Å². The molecule has 0 radical (unpaired) electrons. The molecule has 19 heavy (non-hydrogen) atoms. The SMILES string of the molecule is CN(CC1CC(O)C1)C(=O)c1cccc(C(N)=S)c1. The Bertz CT molecular complexity index is 498. The highest BCUT2D eigenvalue weighted by Crippen LogP contribution is 2.27. The van der Waals surface area contributed by atoms with Gasteiger partial charge in [0, 0.05) is 24.7 Å². The van der Waals surface area contributed by atoms with E-state index in [1.165, 1.54) is 0 Å². The average molecular weight is 278 g/mol. The quantitative estimate of drug-likeness (QED) is 0.811. The summed E-state index contributed by atoms with van der Waals surface area (Å²) in [5.41, 5.74) is 6.86. The van der Waals surface area contributed by atoms with Crippen LogP contribution in [0, 0.1) is 5.92 Å². The number of nitrogens with two attached hydrogens (primary N) is 1. The summed E-state index contributed by atoms with van der Waals surface area (Å²) in [6.07, 6.45) is 1.38. The van der Waals surface area contributed by atoms with E-state index in [9.17, 15) is 9.90 Å². The molecule has 1 fully saturated rings. The summed E-state index contributed by atoms with van der Waals surface area (Å²) < 4.78 is 0. The second kappa shape index (κ2) is 5.67. The van der Waals surface area contributed by atoms with Gasteiger partial charge >= 0.3 is 0 Å². The summed E-state index contributed by atoms with van der Waals surface area (Å²) in [6.45, 7) is 0.674. The summed E-state index contributed by atoms with van der Waals surface area (Å²) >= 11 is 4.91. The minimum absolute atomic E-state index is 0.0421. The third-order valence-corrected chi connectivity index (χ3v) is 3.72. The first kappa shape index (κ1) is 14.0. The molecule has 102 valence electrons. The maximum Gasteiger partial charge on any atom is 0.253 e. The number of hydrogen-bond acceptors (Lipinski definition) is 3. The van der Waals surface area contributed by atoms with Gasteiger partial charge in [-0.3, -0.25) is 4.79 Å². The maximum absolute atomic E-state index is 12.3. The molecule has 0 aromatic heterocycles. The molecule has 3 N–H and O–H groups in total. The lowest BCUT2D eigenvalue weighted by atomic mass is 9.82. The predicted molar refractivity (Wildman–Crippen MR) is 78.0 cm³/mol. The van der Waals surface area contributed by atoms with E-state index in [4.69, 9.17) is 18.0 Å². The van der Waals surface area contributed by atoms with Crippen LogP contribution in [0.2, 0.25) is 0 Å². The summed E-state index contributed by atoms with van der Waals surface area (Å²) in [7, 11) is 1.78. The van der Waals surface area contributed by atoms with E-state index >= 15 is 0 Å². The lowest BCUT2D eigenvalue weighted by Gasteiger charge is -2.34. The molecule has 0 bridgehead atoms. The molecule has 0 aliphatic heterocycles. The van der Waals surface area contributed by atoms with Crippen molar-refractivity contribution in [3.63, 3.8) is 0 Å². The fourth-order valence-electron chi connectivity index (χ4n) is 2.35. The second-order valence-electron chi connectivity index (χ2n) is 5.12. The molecule has 0 atom stereocenters. The molecule has 1 aromatic carbocycles. The molecule has 1 saturated carbocycles. The van der Waals surface area contributed by atoms with Crippen LogP contribution in [0.1, 0.15) is 28.8 Å². The largest absolute Gasteiger partial charge is 0.393 e. The number of aliphatic hydroxyl groups excluding tert-OH is 1. The van der Waals surface area contributed by atoms with E-state index in [2.05, 4.69) is 0 Å². The predicted octanol–water partition coefficient (Wildman–Crippen LogP) is 1.16. The van der Waals surface area contributed by atoms with Crippen molar-refractivity contribution in [2.24, 2.45) is 11.7 Å². The third kappa shape index (κ3) is 3.30. The van der Waals surface area contributed by atoms with Crippen LogP contribution in [-0.2, 0) is 0 Å². The summed E-state index contributed by atoms with van der Waals surface area (Å²) in [4.78, 5) is 14.2. The topological polar surface area (TPSA) is 66.6 Å². The molecule has 2 rings (SSSR count). The number of carbonyl (C=O) groups is 1. The Balaban J connectivity index is 2.02. The number of benzene rings is 1. The second-order valence-corrected chi connectivity index (χ2v) is 5.56. The lowest BCUT2D eigenvalue weighted by Crippen LogP contribution is -2.39. The van der Waals surface area contributed by atoms with E-state index in [1.807, 2.05) is 0 Å². The lowest BCUT2D eigenvalue weighted by molar-refractivity contribution is 0.0265. The van der Waals surface area contributed by atoms with Crippen LogP contribution in [0.15, 0.2) is 24.3 Å². The summed E-state index contributed by atoms with van der Waals surface area (Å²) in [5, 5.41) is 9.25. The van der Waals surface area contributed by atoms with Gasteiger partial charge < -0.3 is 15.7 Å². The summed E-state index contributed by atoms with van der Waals surface area (Å²) in [6, 6.07) is 7.05. The van der Waals surface area contributed by atoms with Gasteiger partial charge in [-0.25, -0.2) is 0 Å². The van der Waals surface area contributed by atoms with Crippen LogP contribution >= 0.6 is 12.2 Å². The first-order valence-electron chi connectivity index (χ1n) is 6.30. The number of carbonyl (C=O) groups excluding carboxylic acids is 1. The molecule has 4 nitrogen and oxygen atoms in total. The number of amides is 1. The Kier molecular flexibility index (Phi) is 4.17. The van der Waals surface area contributed by atoms with Crippen molar-refractivity contribution in [2.75, 3.05) is 13.6 Å². The molecule has 0 unspecified atom stereocenters. The Morgan fingerprint density at radius 3 is 2.68 bits per heavy atom. The van der Waals surface area contributed by atoms with E-state index in [0.29, 0.717) is 28.6 Å². The minimum atomic E-state index is -0.188. The molecule has 5 heteroatoms. The Morgan fingerprint density at radius 2 is 2.11 bits per heavy atom. The molecule has 0 heterocycles. The molecular formula is C14H18N2O2S. The molecule has 1 aliphatic rings. The van der Waals surface area contributed by atoms with Crippen molar-refractivity contribution in [1.82, 2.24) is 4.90 Å². The van der Waals surface area contributed by atoms with Gasteiger partial charge in [-0.2, -0.15) is 0 Å². The fraction of sp³-hybridized carbons (Fsp3) is 0.429. The first-order valence-corrected chi connectivity index (χ1v) is 6.71.